The summed E-state index contributed by atoms with van der Waals surface area (Å²) in [4.78, 5) is 0. The summed E-state index contributed by atoms with van der Waals surface area (Å²) in [7, 11) is 0. The molecule has 1 aliphatic carbocycles. The van der Waals surface area contributed by atoms with Crippen molar-refractivity contribution in [3.8, 4) is 5.75 Å². The Bertz CT molecular complexity index is 323. The van der Waals surface area contributed by atoms with E-state index in [1.807, 2.05) is 30.3 Å². The Kier molecular flexibility index (Phi) is 4.43. The first-order valence-corrected chi connectivity index (χ1v) is 6.69. The highest BCUT2D eigenvalue weighted by molar-refractivity contribution is 5.21. The molecule has 1 aliphatic rings. The van der Waals surface area contributed by atoms with Crippen molar-refractivity contribution in [2.24, 2.45) is 5.92 Å². The third-order valence-corrected chi connectivity index (χ3v) is 3.59. The Labute approximate surface area is 104 Å². The number of para-hydroxylation sites is 1. The van der Waals surface area contributed by atoms with E-state index in [1.54, 1.807) is 0 Å². The van der Waals surface area contributed by atoms with E-state index in [0.29, 0.717) is 0 Å². The molecule has 1 fully saturated rings. The molecule has 1 saturated carbocycles. The second kappa shape index (κ2) is 6.06. The molecule has 0 bridgehead atoms. The average Bonchev–Trinajstić information content (AvgIpc) is 2.35. The molecular formula is C15H22O2. The van der Waals surface area contributed by atoms with Crippen molar-refractivity contribution in [2.75, 3.05) is 0 Å². The maximum absolute atomic E-state index is 9.99. The second-order valence-electron chi connectivity index (χ2n) is 5.00. The lowest BCUT2D eigenvalue weighted by atomic mass is 9.83. The fraction of sp³-hybridized carbons (Fsp3) is 0.600. The monoisotopic (exact) mass is 234 g/mol. The summed E-state index contributed by atoms with van der Waals surface area (Å²) in [6.45, 7) is 2.22. The number of benzene rings is 1. The van der Waals surface area contributed by atoms with Crippen molar-refractivity contribution in [3.05, 3.63) is 30.3 Å². The van der Waals surface area contributed by atoms with Crippen molar-refractivity contribution in [1.82, 2.24) is 0 Å². The molecule has 1 aromatic carbocycles. The Morgan fingerprint density at radius 3 is 2.71 bits per heavy atom. The smallest absolute Gasteiger partial charge is 0.125 e. The second-order valence-corrected chi connectivity index (χ2v) is 5.00. The lowest BCUT2D eigenvalue weighted by molar-refractivity contribution is -0.0117. The van der Waals surface area contributed by atoms with E-state index >= 15 is 0 Å². The first-order valence-electron chi connectivity index (χ1n) is 6.69. The van der Waals surface area contributed by atoms with Gasteiger partial charge < -0.3 is 9.84 Å². The molecule has 1 aromatic rings. The molecule has 2 nitrogen and oxygen atoms in total. The average molecular weight is 234 g/mol. The SMILES string of the molecule is CCCC1CCC(O)C(Oc2ccccc2)C1. The Morgan fingerprint density at radius 1 is 1.24 bits per heavy atom. The van der Waals surface area contributed by atoms with Gasteiger partial charge in [0.2, 0.25) is 0 Å². The third-order valence-electron chi connectivity index (χ3n) is 3.59. The fourth-order valence-corrected chi connectivity index (χ4v) is 2.67. The zero-order valence-electron chi connectivity index (χ0n) is 10.5. The summed E-state index contributed by atoms with van der Waals surface area (Å²) in [5, 5.41) is 9.99. The van der Waals surface area contributed by atoms with Crippen LogP contribution in [-0.4, -0.2) is 17.3 Å². The summed E-state index contributed by atoms with van der Waals surface area (Å²) in [6, 6.07) is 9.82. The Morgan fingerprint density at radius 2 is 2.00 bits per heavy atom. The first-order chi connectivity index (χ1) is 8.29. The van der Waals surface area contributed by atoms with E-state index in [1.165, 1.54) is 12.8 Å². The van der Waals surface area contributed by atoms with Crippen molar-refractivity contribution < 1.29 is 9.84 Å². The highest BCUT2D eigenvalue weighted by Gasteiger charge is 2.30. The molecule has 3 unspecified atom stereocenters. The molecular weight excluding hydrogens is 212 g/mol. The van der Waals surface area contributed by atoms with Gasteiger partial charge in [0.05, 0.1) is 6.10 Å². The minimum Gasteiger partial charge on any atom is -0.488 e. The van der Waals surface area contributed by atoms with Crippen LogP contribution in [-0.2, 0) is 0 Å². The zero-order chi connectivity index (χ0) is 12.1. The predicted octanol–water partition coefficient (Wildman–Crippen LogP) is 3.40. The van der Waals surface area contributed by atoms with E-state index in [2.05, 4.69) is 6.92 Å². The molecule has 0 radical (unpaired) electrons. The molecule has 3 atom stereocenters. The van der Waals surface area contributed by atoms with Crippen LogP contribution in [0.2, 0.25) is 0 Å². The van der Waals surface area contributed by atoms with Gasteiger partial charge in [-0.25, -0.2) is 0 Å². The molecule has 0 heterocycles. The molecule has 2 heteroatoms. The van der Waals surface area contributed by atoms with Gasteiger partial charge in [0, 0.05) is 0 Å². The third kappa shape index (κ3) is 3.47. The van der Waals surface area contributed by atoms with Gasteiger partial charge in [0.15, 0.2) is 0 Å². The van der Waals surface area contributed by atoms with Gasteiger partial charge in [-0.15, -0.1) is 0 Å². The van der Waals surface area contributed by atoms with Crippen LogP contribution in [0.3, 0.4) is 0 Å². The number of ether oxygens (including phenoxy) is 1. The quantitative estimate of drug-likeness (QED) is 0.865. The van der Waals surface area contributed by atoms with E-state index in [4.69, 9.17) is 4.74 Å². The number of rotatable bonds is 4. The van der Waals surface area contributed by atoms with Crippen LogP contribution < -0.4 is 4.74 Å². The highest BCUT2D eigenvalue weighted by atomic mass is 16.5. The van der Waals surface area contributed by atoms with Crippen LogP contribution in [0.5, 0.6) is 5.75 Å². The lowest BCUT2D eigenvalue weighted by Crippen LogP contribution is -2.38. The molecule has 94 valence electrons. The summed E-state index contributed by atoms with van der Waals surface area (Å²) in [5.74, 6) is 1.59. The minimum atomic E-state index is -0.302. The molecule has 0 spiro atoms. The standard InChI is InChI=1S/C15H22O2/c1-2-6-12-9-10-14(16)15(11-12)17-13-7-4-3-5-8-13/h3-5,7-8,12,14-16H,2,6,9-11H2,1H3. The number of hydrogen-bond acceptors (Lipinski definition) is 2. The molecule has 0 aliphatic heterocycles. The van der Waals surface area contributed by atoms with Gasteiger partial charge in [0.1, 0.15) is 11.9 Å². The number of aliphatic hydroxyl groups excluding tert-OH is 1. The summed E-state index contributed by atoms with van der Waals surface area (Å²) in [5.41, 5.74) is 0. The topological polar surface area (TPSA) is 29.5 Å². The van der Waals surface area contributed by atoms with Gasteiger partial charge in [-0.2, -0.15) is 0 Å². The molecule has 0 amide bonds. The normalized spacial score (nSPS) is 28.9. The maximum Gasteiger partial charge on any atom is 0.125 e. The van der Waals surface area contributed by atoms with Gasteiger partial charge in [-0.3, -0.25) is 0 Å². The fourth-order valence-electron chi connectivity index (χ4n) is 2.67. The van der Waals surface area contributed by atoms with Crippen LogP contribution in [0.15, 0.2) is 30.3 Å². The van der Waals surface area contributed by atoms with E-state index in [0.717, 1.165) is 30.9 Å². The van der Waals surface area contributed by atoms with Crippen LogP contribution in [0, 0.1) is 5.92 Å². The van der Waals surface area contributed by atoms with Crippen molar-refractivity contribution >= 4 is 0 Å². The lowest BCUT2D eigenvalue weighted by Gasteiger charge is -2.33. The molecule has 2 rings (SSSR count). The van der Waals surface area contributed by atoms with E-state index in [9.17, 15) is 5.11 Å². The van der Waals surface area contributed by atoms with Gasteiger partial charge in [-0.1, -0.05) is 38.0 Å². The molecule has 0 saturated heterocycles. The summed E-state index contributed by atoms with van der Waals surface area (Å²) in [6.07, 6.45) is 5.15. The highest BCUT2D eigenvalue weighted by Crippen LogP contribution is 2.30. The Balaban J connectivity index is 1.94. The summed E-state index contributed by atoms with van der Waals surface area (Å²) >= 11 is 0. The van der Waals surface area contributed by atoms with E-state index < -0.39 is 0 Å². The predicted molar refractivity (Wildman–Crippen MR) is 69.1 cm³/mol. The Hall–Kier alpha value is -1.02. The largest absolute Gasteiger partial charge is 0.488 e. The minimum absolute atomic E-state index is 0.0253. The summed E-state index contributed by atoms with van der Waals surface area (Å²) < 4.78 is 5.89. The molecule has 17 heavy (non-hydrogen) atoms. The van der Waals surface area contributed by atoms with Gasteiger partial charge in [0.25, 0.3) is 0 Å². The number of hydrogen-bond donors (Lipinski definition) is 1. The van der Waals surface area contributed by atoms with Crippen molar-refractivity contribution in [2.45, 2.75) is 51.2 Å². The van der Waals surface area contributed by atoms with E-state index in [-0.39, 0.29) is 12.2 Å². The first kappa shape index (κ1) is 12.4. The van der Waals surface area contributed by atoms with Crippen molar-refractivity contribution in [3.63, 3.8) is 0 Å². The van der Waals surface area contributed by atoms with Crippen LogP contribution in [0.25, 0.3) is 0 Å². The maximum atomic E-state index is 9.99. The van der Waals surface area contributed by atoms with Crippen LogP contribution >= 0.6 is 0 Å². The number of aliphatic hydroxyl groups is 1. The van der Waals surface area contributed by atoms with Crippen molar-refractivity contribution in [1.29, 1.82) is 0 Å². The van der Waals surface area contributed by atoms with Gasteiger partial charge >= 0.3 is 0 Å². The molecule has 0 aromatic heterocycles. The van der Waals surface area contributed by atoms with Crippen LogP contribution in [0.4, 0.5) is 0 Å². The van der Waals surface area contributed by atoms with Gasteiger partial charge in [-0.05, 0) is 37.3 Å². The van der Waals surface area contributed by atoms with Crippen LogP contribution in [0.1, 0.15) is 39.0 Å². The molecule has 1 N–H and O–H groups in total. The zero-order valence-corrected chi connectivity index (χ0v) is 10.5.